The molecular weight excluding hydrogens is 417 g/mol. The van der Waals surface area contributed by atoms with E-state index in [0.29, 0.717) is 6.54 Å². The van der Waals surface area contributed by atoms with Crippen LogP contribution in [-0.2, 0) is 22.5 Å². The number of aliphatic imine (C=N–C) groups is 1. The van der Waals surface area contributed by atoms with Gasteiger partial charge in [-0.15, -0.1) is 24.0 Å². The molecule has 0 fully saturated rings. The van der Waals surface area contributed by atoms with Crippen LogP contribution in [0.15, 0.2) is 29.3 Å². The van der Waals surface area contributed by atoms with E-state index in [-0.39, 0.29) is 35.9 Å². The molecule has 1 N–H and O–H groups in total. The van der Waals surface area contributed by atoms with Crippen LogP contribution >= 0.6 is 24.0 Å². The van der Waals surface area contributed by atoms with Crippen molar-refractivity contribution in [2.45, 2.75) is 33.7 Å². The van der Waals surface area contributed by atoms with E-state index in [2.05, 4.69) is 46.4 Å². The molecule has 6 heteroatoms. The zero-order valence-electron chi connectivity index (χ0n) is 15.3. The Balaban J connectivity index is 0.00000529. The minimum absolute atomic E-state index is 0. The molecule has 0 amide bonds. The highest BCUT2D eigenvalue weighted by atomic mass is 127. The zero-order valence-corrected chi connectivity index (χ0v) is 17.7. The van der Waals surface area contributed by atoms with Crippen molar-refractivity contribution in [1.29, 1.82) is 0 Å². The summed E-state index contributed by atoms with van der Waals surface area (Å²) in [5.41, 5.74) is 2.57. The molecule has 1 rings (SSSR count). The number of guanidine groups is 1. The largest absolute Gasteiger partial charge is 0.469 e. The normalized spacial score (nSPS) is 12.1. The molecule has 0 spiro atoms. The molecule has 0 aliphatic heterocycles. The van der Waals surface area contributed by atoms with Crippen LogP contribution in [0.25, 0.3) is 0 Å². The Labute approximate surface area is 162 Å². The maximum absolute atomic E-state index is 11.5. The molecule has 136 valence electrons. The predicted molar refractivity (Wildman–Crippen MR) is 110 cm³/mol. The van der Waals surface area contributed by atoms with Gasteiger partial charge in [0.25, 0.3) is 0 Å². The molecular formula is C18H30IN3O2. The van der Waals surface area contributed by atoms with Gasteiger partial charge in [-0.25, -0.2) is 0 Å². The predicted octanol–water partition coefficient (Wildman–Crippen LogP) is 3.07. The minimum Gasteiger partial charge on any atom is -0.469 e. The Hall–Kier alpha value is -1.31. The molecule has 0 saturated carbocycles. The Kier molecular flexibility index (Phi) is 11.4. The van der Waals surface area contributed by atoms with Gasteiger partial charge in [0.05, 0.1) is 19.6 Å². The van der Waals surface area contributed by atoms with Gasteiger partial charge >= 0.3 is 5.97 Å². The van der Waals surface area contributed by atoms with E-state index in [1.54, 1.807) is 0 Å². The van der Waals surface area contributed by atoms with Gasteiger partial charge in [-0.1, -0.05) is 38.1 Å². The van der Waals surface area contributed by atoms with E-state index < -0.39 is 0 Å². The third-order valence-electron chi connectivity index (χ3n) is 3.67. The molecule has 0 saturated heterocycles. The van der Waals surface area contributed by atoms with Crippen molar-refractivity contribution in [2.75, 3.05) is 27.2 Å². The van der Waals surface area contributed by atoms with Crippen molar-refractivity contribution in [3.8, 4) is 0 Å². The van der Waals surface area contributed by atoms with Crippen molar-refractivity contribution in [2.24, 2.45) is 10.9 Å². The first-order valence-corrected chi connectivity index (χ1v) is 8.16. The summed E-state index contributed by atoms with van der Waals surface area (Å²) >= 11 is 0. The number of rotatable bonds is 7. The number of nitrogens with zero attached hydrogens (tertiary/aromatic N) is 2. The van der Waals surface area contributed by atoms with Gasteiger partial charge in [-0.2, -0.15) is 0 Å². The number of ether oxygens (including phenoxy) is 1. The SMILES string of the molecule is CCNC(=NCC(C)C(=O)OC)N(C)Cc1ccc(CC)cc1.I. The number of carbonyl (C=O) groups excluding carboxylic acids is 1. The van der Waals surface area contributed by atoms with Gasteiger partial charge in [0.2, 0.25) is 0 Å². The molecule has 24 heavy (non-hydrogen) atoms. The number of nitrogens with one attached hydrogen (secondary N) is 1. The number of methoxy groups -OCH3 is 1. The summed E-state index contributed by atoms with van der Waals surface area (Å²) in [5, 5.41) is 3.26. The summed E-state index contributed by atoms with van der Waals surface area (Å²) in [5.74, 6) is 0.316. The number of benzene rings is 1. The Bertz CT molecular complexity index is 518. The average molecular weight is 447 g/mol. The van der Waals surface area contributed by atoms with Crippen LogP contribution in [0.5, 0.6) is 0 Å². The summed E-state index contributed by atoms with van der Waals surface area (Å²) < 4.78 is 4.74. The average Bonchev–Trinajstić information content (AvgIpc) is 2.58. The first kappa shape index (κ1) is 22.7. The van der Waals surface area contributed by atoms with E-state index >= 15 is 0 Å². The van der Waals surface area contributed by atoms with Gasteiger partial charge in [-0.05, 0) is 24.5 Å². The van der Waals surface area contributed by atoms with E-state index in [1.165, 1.54) is 18.2 Å². The summed E-state index contributed by atoms with van der Waals surface area (Å²) in [7, 11) is 3.40. The summed E-state index contributed by atoms with van der Waals surface area (Å²) in [6, 6.07) is 8.62. The van der Waals surface area contributed by atoms with Crippen LogP contribution in [0.3, 0.4) is 0 Å². The number of hydrogen-bond donors (Lipinski definition) is 1. The van der Waals surface area contributed by atoms with Gasteiger partial charge in [-0.3, -0.25) is 9.79 Å². The van der Waals surface area contributed by atoms with E-state index in [0.717, 1.165) is 25.5 Å². The highest BCUT2D eigenvalue weighted by Crippen LogP contribution is 2.08. The fourth-order valence-corrected chi connectivity index (χ4v) is 2.20. The number of aryl methyl sites for hydroxylation is 1. The van der Waals surface area contributed by atoms with E-state index in [4.69, 9.17) is 4.74 Å². The molecule has 1 unspecified atom stereocenters. The van der Waals surface area contributed by atoms with Gasteiger partial charge < -0.3 is 15.0 Å². The number of halogens is 1. The molecule has 0 radical (unpaired) electrons. The summed E-state index contributed by atoms with van der Waals surface area (Å²) in [6.45, 7) is 7.96. The van der Waals surface area contributed by atoms with E-state index in [1.807, 2.05) is 20.9 Å². The molecule has 0 heterocycles. The van der Waals surface area contributed by atoms with Crippen LogP contribution in [-0.4, -0.2) is 44.1 Å². The molecule has 1 aromatic rings. The Morgan fingerprint density at radius 3 is 2.33 bits per heavy atom. The lowest BCUT2D eigenvalue weighted by molar-refractivity contribution is -0.144. The second-order valence-corrected chi connectivity index (χ2v) is 5.64. The van der Waals surface area contributed by atoms with Crippen LogP contribution in [0.1, 0.15) is 31.9 Å². The Morgan fingerprint density at radius 2 is 1.83 bits per heavy atom. The van der Waals surface area contributed by atoms with Crippen LogP contribution in [0.2, 0.25) is 0 Å². The lowest BCUT2D eigenvalue weighted by atomic mass is 10.1. The van der Waals surface area contributed by atoms with Gasteiger partial charge in [0.1, 0.15) is 0 Å². The number of esters is 1. The monoisotopic (exact) mass is 447 g/mol. The molecule has 0 aliphatic rings. The Morgan fingerprint density at radius 1 is 1.25 bits per heavy atom. The maximum atomic E-state index is 11.5. The zero-order chi connectivity index (χ0) is 17.2. The molecule has 0 aromatic heterocycles. The quantitative estimate of drug-likeness (QED) is 0.302. The highest BCUT2D eigenvalue weighted by molar-refractivity contribution is 14.0. The fourth-order valence-electron chi connectivity index (χ4n) is 2.20. The summed E-state index contributed by atoms with van der Waals surface area (Å²) in [6.07, 6.45) is 1.05. The molecule has 1 atom stereocenters. The second kappa shape index (κ2) is 12.1. The van der Waals surface area contributed by atoms with Crippen molar-refractivity contribution < 1.29 is 9.53 Å². The number of hydrogen-bond acceptors (Lipinski definition) is 3. The van der Waals surface area contributed by atoms with Gasteiger partial charge in [0.15, 0.2) is 5.96 Å². The van der Waals surface area contributed by atoms with Crippen molar-refractivity contribution >= 4 is 35.9 Å². The van der Waals surface area contributed by atoms with Crippen LogP contribution < -0.4 is 5.32 Å². The lowest BCUT2D eigenvalue weighted by Crippen LogP contribution is -2.39. The van der Waals surface area contributed by atoms with Crippen molar-refractivity contribution in [1.82, 2.24) is 10.2 Å². The van der Waals surface area contributed by atoms with Crippen molar-refractivity contribution in [3.05, 3.63) is 35.4 Å². The maximum Gasteiger partial charge on any atom is 0.310 e. The third kappa shape index (κ3) is 7.51. The van der Waals surface area contributed by atoms with E-state index in [9.17, 15) is 4.79 Å². The van der Waals surface area contributed by atoms with Gasteiger partial charge in [0, 0.05) is 20.1 Å². The number of carbonyl (C=O) groups is 1. The highest BCUT2D eigenvalue weighted by Gasteiger charge is 2.14. The standard InChI is InChI=1S/C18H29N3O2.HI/c1-6-15-8-10-16(11-9-15)13-21(4)18(19-7-2)20-12-14(3)17(22)23-5;/h8-11,14H,6-7,12-13H2,1-5H3,(H,19,20);1H. The van der Waals surface area contributed by atoms with Crippen LogP contribution in [0, 0.1) is 5.92 Å². The van der Waals surface area contributed by atoms with Crippen LogP contribution in [0.4, 0.5) is 0 Å². The topological polar surface area (TPSA) is 53.9 Å². The first-order valence-electron chi connectivity index (χ1n) is 8.16. The third-order valence-corrected chi connectivity index (χ3v) is 3.67. The molecule has 5 nitrogen and oxygen atoms in total. The first-order chi connectivity index (χ1) is 11.0. The molecule has 0 bridgehead atoms. The summed E-state index contributed by atoms with van der Waals surface area (Å²) in [4.78, 5) is 18.1. The lowest BCUT2D eigenvalue weighted by Gasteiger charge is -2.22. The minimum atomic E-state index is -0.245. The fraction of sp³-hybridized carbons (Fsp3) is 0.556. The second-order valence-electron chi connectivity index (χ2n) is 5.64. The molecule has 0 aliphatic carbocycles. The smallest absolute Gasteiger partial charge is 0.310 e. The molecule has 1 aromatic carbocycles. The van der Waals surface area contributed by atoms with Crippen molar-refractivity contribution in [3.63, 3.8) is 0 Å².